The SMILES string of the molecule is OB(O)O.OB(O)O.OB(O)O.OB(O)OCc1ccccc1. The third-order valence-electron chi connectivity index (χ3n) is 1.24. The largest absolute Gasteiger partial charge is 0.634 e. The summed E-state index contributed by atoms with van der Waals surface area (Å²) in [6, 6.07) is 9.31. The molecule has 1 rings (SSSR count). The fourth-order valence-corrected chi connectivity index (χ4v) is 0.745. The molecule has 11 N–H and O–H groups in total. The quantitative estimate of drug-likeness (QED) is 0.231. The van der Waals surface area contributed by atoms with Gasteiger partial charge in [0.2, 0.25) is 0 Å². The lowest BCUT2D eigenvalue weighted by molar-refractivity contribution is 0.177. The highest BCUT2D eigenvalue weighted by atomic mass is 16.6. The van der Waals surface area contributed by atoms with Gasteiger partial charge in [-0.15, -0.1) is 0 Å². The summed E-state index contributed by atoms with van der Waals surface area (Å²) in [6.07, 6.45) is 0. The zero-order valence-electron chi connectivity index (χ0n) is 11.7. The second kappa shape index (κ2) is 19.0. The Kier molecular flexibility index (Phi) is 22.3. The highest BCUT2D eigenvalue weighted by molar-refractivity contribution is 6.32. The van der Waals surface area contributed by atoms with E-state index in [1.165, 1.54) is 0 Å². The zero-order valence-corrected chi connectivity index (χ0v) is 11.7. The first-order valence-corrected chi connectivity index (χ1v) is 5.63. The lowest BCUT2D eigenvalue weighted by Gasteiger charge is -2.00. The van der Waals surface area contributed by atoms with Crippen molar-refractivity contribution in [3.8, 4) is 0 Å². The Morgan fingerprint density at radius 3 is 1.17 bits per heavy atom. The summed E-state index contributed by atoms with van der Waals surface area (Å²) in [7, 11) is -8.18. The summed E-state index contributed by atoms with van der Waals surface area (Å²) in [5, 5.41) is 81.2. The zero-order chi connectivity index (χ0) is 18.8. The van der Waals surface area contributed by atoms with Gasteiger partial charge < -0.3 is 59.9 Å². The molecule has 0 saturated carbocycles. The fraction of sp³-hybridized carbons (Fsp3) is 0.143. The van der Waals surface area contributed by atoms with Gasteiger partial charge in [0.05, 0.1) is 6.61 Å². The third-order valence-corrected chi connectivity index (χ3v) is 1.24. The molecule has 0 aromatic heterocycles. The van der Waals surface area contributed by atoms with Crippen molar-refractivity contribution in [2.75, 3.05) is 0 Å². The summed E-state index contributed by atoms with van der Waals surface area (Å²) in [5.74, 6) is 0. The molecule has 0 heterocycles. The van der Waals surface area contributed by atoms with Crippen LogP contribution in [0.1, 0.15) is 5.56 Å². The predicted molar refractivity (Wildman–Crippen MR) is 78.7 cm³/mol. The van der Waals surface area contributed by atoms with Gasteiger partial charge in [0.1, 0.15) is 0 Å². The Labute approximate surface area is 132 Å². The van der Waals surface area contributed by atoms with E-state index in [0.717, 1.165) is 5.56 Å². The van der Waals surface area contributed by atoms with Gasteiger partial charge in [-0.2, -0.15) is 0 Å². The van der Waals surface area contributed by atoms with Gasteiger partial charge in [0.25, 0.3) is 0 Å². The lowest BCUT2D eigenvalue weighted by Crippen LogP contribution is -2.16. The van der Waals surface area contributed by atoms with E-state index in [9.17, 15) is 0 Å². The molecule has 16 heteroatoms. The van der Waals surface area contributed by atoms with Crippen LogP contribution in [0.25, 0.3) is 0 Å². The Balaban J connectivity index is -0.000000278. The monoisotopic (exact) mass is 338 g/mol. The summed E-state index contributed by atoms with van der Waals surface area (Å²) in [4.78, 5) is 0. The maximum absolute atomic E-state index is 8.35. The molecule has 0 bridgehead atoms. The van der Waals surface area contributed by atoms with Gasteiger partial charge in [0, 0.05) is 0 Å². The molecule has 0 saturated heterocycles. The summed E-state index contributed by atoms with van der Waals surface area (Å²) in [6.45, 7) is 0.221. The van der Waals surface area contributed by atoms with Crippen molar-refractivity contribution in [2.45, 2.75) is 6.61 Å². The normalized spacial score (nSPS) is 8.13. The first-order valence-electron chi connectivity index (χ1n) is 5.63. The Morgan fingerprint density at radius 1 is 0.609 bits per heavy atom. The molecule has 0 atom stereocenters. The molecular formula is C7H18B4O12. The third kappa shape index (κ3) is 52.6. The van der Waals surface area contributed by atoms with Crippen LogP contribution in [0.15, 0.2) is 30.3 Å². The molecule has 1 aromatic rings. The highest BCUT2D eigenvalue weighted by Crippen LogP contribution is 1.99. The smallest absolute Gasteiger partial charge is 0.402 e. The molecule has 0 aliphatic rings. The number of hydrogen-bond acceptors (Lipinski definition) is 12. The van der Waals surface area contributed by atoms with Gasteiger partial charge >= 0.3 is 29.3 Å². The van der Waals surface area contributed by atoms with E-state index in [4.69, 9.17) is 55.3 Å². The van der Waals surface area contributed by atoms with Crippen molar-refractivity contribution >= 4 is 29.3 Å². The van der Waals surface area contributed by atoms with E-state index in [2.05, 4.69) is 4.65 Å². The minimum absolute atomic E-state index is 0.221. The van der Waals surface area contributed by atoms with Gasteiger partial charge in [-0.25, -0.2) is 0 Å². The maximum atomic E-state index is 8.35. The van der Waals surface area contributed by atoms with Gasteiger partial charge in [0.15, 0.2) is 0 Å². The molecular weight excluding hydrogens is 319 g/mol. The molecule has 1 aromatic carbocycles. The number of benzene rings is 1. The molecule has 0 amide bonds. The highest BCUT2D eigenvalue weighted by Gasteiger charge is 2.07. The first-order chi connectivity index (χ1) is 10.5. The molecule has 0 spiro atoms. The molecule has 0 radical (unpaired) electrons. The van der Waals surface area contributed by atoms with E-state index in [1.54, 1.807) is 0 Å². The van der Waals surface area contributed by atoms with Gasteiger partial charge in [-0.3, -0.25) is 0 Å². The van der Waals surface area contributed by atoms with Crippen LogP contribution in [-0.2, 0) is 11.3 Å². The molecule has 12 nitrogen and oxygen atoms in total. The lowest BCUT2D eigenvalue weighted by atomic mass is 10.2. The van der Waals surface area contributed by atoms with Crippen LogP contribution in [0.5, 0.6) is 0 Å². The van der Waals surface area contributed by atoms with E-state index in [0.29, 0.717) is 0 Å². The first kappa shape index (κ1) is 26.9. The number of rotatable bonds is 3. The second-order valence-electron chi connectivity index (χ2n) is 3.16. The minimum atomic E-state index is -2.17. The van der Waals surface area contributed by atoms with Crippen molar-refractivity contribution < 1.29 is 59.9 Å². The summed E-state index contributed by atoms with van der Waals surface area (Å²) < 4.78 is 4.54. The van der Waals surface area contributed by atoms with E-state index >= 15 is 0 Å². The van der Waals surface area contributed by atoms with Crippen LogP contribution in [0.3, 0.4) is 0 Å². The summed E-state index contributed by atoms with van der Waals surface area (Å²) >= 11 is 0. The summed E-state index contributed by atoms with van der Waals surface area (Å²) in [5.41, 5.74) is 0.917. The van der Waals surface area contributed by atoms with Crippen LogP contribution in [0, 0.1) is 0 Å². The average Bonchev–Trinajstić information content (AvgIpc) is 2.35. The molecule has 0 unspecified atom stereocenters. The molecule has 0 fully saturated rings. The van der Waals surface area contributed by atoms with Crippen molar-refractivity contribution in [1.29, 1.82) is 0 Å². The molecule has 130 valence electrons. The minimum Gasteiger partial charge on any atom is -0.402 e. The van der Waals surface area contributed by atoms with E-state index in [1.807, 2.05) is 30.3 Å². The van der Waals surface area contributed by atoms with Crippen LogP contribution < -0.4 is 0 Å². The molecule has 23 heavy (non-hydrogen) atoms. The van der Waals surface area contributed by atoms with Crippen molar-refractivity contribution in [1.82, 2.24) is 0 Å². The molecule has 0 aliphatic heterocycles. The van der Waals surface area contributed by atoms with Crippen LogP contribution in [0.4, 0.5) is 0 Å². The van der Waals surface area contributed by atoms with E-state index in [-0.39, 0.29) is 6.61 Å². The van der Waals surface area contributed by atoms with Crippen molar-refractivity contribution in [2.24, 2.45) is 0 Å². The second-order valence-corrected chi connectivity index (χ2v) is 3.16. The average molecular weight is 337 g/mol. The van der Waals surface area contributed by atoms with Crippen LogP contribution in [-0.4, -0.2) is 84.5 Å². The van der Waals surface area contributed by atoms with Crippen LogP contribution >= 0.6 is 0 Å². The number of hydrogen-bond donors (Lipinski definition) is 11. The van der Waals surface area contributed by atoms with Gasteiger partial charge in [-0.05, 0) is 5.56 Å². The Bertz CT molecular complexity index is 304. The maximum Gasteiger partial charge on any atom is 0.634 e. The van der Waals surface area contributed by atoms with E-state index < -0.39 is 29.3 Å². The van der Waals surface area contributed by atoms with Crippen molar-refractivity contribution in [3.05, 3.63) is 35.9 Å². The fourth-order valence-electron chi connectivity index (χ4n) is 0.745. The van der Waals surface area contributed by atoms with Crippen LogP contribution in [0.2, 0.25) is 0 Å². The predicted octanol–water partition coefficient (Wildman–Crippen LogP) is -5.98. The van der Waals surface area contributed by atoms with Gasteiger partial charge in [-0.1, -0.05) is 30.3 Å². The Morgan fingerprint density at radius 2 is 0.913 bits per heavy atom. The van der Waals surface area contributed by atoms with Crippen molar-refractivity contribution in [3.63, 3.8) is 0 Å². The standard InChI is InChI=1S/C7H9BO3.3BH3O3/c9-8(10)11-6-7-4-2-1-3-5-7;3*2-1(3)4/h1-5,9-10H,6H2;3*2-4H. The Hall–Kier alpha value is -1.00. The molecule has 0 aliphatic carbocycles. The topological polar surface area (TPSA) is 232 Å².